The van der Waals surface area contributed by atoms with Crippen LogP contribution in [0.1, 0.15) is 36.3 Å². The van der Waals surface area contributed by atoms with Crippen molar-refractivity contribution >= 4 is 11.9 Å². The molecular formula is C16H20FNO5. The molecule has 0 amide bonds. The zero-order valence-electron chi connectivity index (χ0n) is 12.8. The van der Waals surface area contributed by atoms with E-state index in [9.17, 15) is 24.2 Å². The molecule has 23 heavy (non-hydrogen) atoms. The first-order valence-electron chi connectivity index (χ1n) is 7.49. The molecule has 1 aromatic rings. The van der Waals surface area contributed by atoms with Crippen molar-refractivity contribution in [3.05, 3.63) is 29.1 Å². The van der Waals surface area contributed by atoms with Crippen LogP contribution in [0.25, 0.3) is 0 Å². The van der Waals surface area contributed by atoms with Gasteiger partial charge in [-0.15, -0.1) is 0 Å². The summed E-state index contributed by atoms with van der Waals surface area (Å²) in [5, 5.41) is 28.2. The van der Waals surface area contributed by atoms with E-state index in [1.165, 1.54) is 12.1 Å². The van der Waals surface area contributed by atoms with E-state index in [2.05, 4.69) is 0 Å². The van der Waals surface area contributed by atoms with Crippen molar-refractivity contribution in [2.75, 3.05) is 13.1 Å². The molecule has 2 atom stereocenters. The minimum Gasteiger partial charge on any atom is -0.505 e. The van der Waals surface area contributed by atoms with Crippen LogP contribution in [0, 0.1) is 12.7 Å². The minimum absolute atomic E-state index is 0.0113. The fourth-order valence-electron chi connectivity index (χ4n) is 3.01. The molecule has 2 unspecified atom stereocenters. The van der Waals surface area contributed by atoms with Gasteiger partial charge in [-0.2, -0.15) is 0 Å². The lowest BCUT2D eigenvalue weighted by Crippen LogP contribution is -2.52. The van der Waals surface area contributed by atoms with Crippen molar-refractivity contribution in [1.82, 2.24) is 4.90 Å². The Bertz CT molecular complexity index is 615. The normalized spacial score (nSPS) is 17.3. The van der Waals surface area contributed by atoms with E-state index in [1.54, 1.807) is 11.8 Å². The van der Waals surface area contributed by atoms with Gasteiger partial charge in [-0.1, -0.05) is 6.07 Å². The van der Waals surface area contributed by atoms with Crippen molar-refractivity contribution in [2.45, 2.75) is 38.1 Å². The van der Waals surface area contributed by atoms with Crippen molar-refractivity contribution in [3.63, 3.8) is 0 Å². The fraction of sp³-hybridized carbons (Fsp3) is 0.500. The van der Waals surface area contributed by atoms with E-state index in [4.69, 9.17) is 5.11 Å². The summed E-state index contributed by atoms with van der Waals surface area (Å²) in [6.45, 7) is 2.83. The molecule has 1 heterocycles. The third-order valence-corrected chi connectivity index (χ3v) is 4.21. The smallest absolute Gasteiger partial charge is 0.321 e. The molecule has 1 aliphatic heterocycles. The summed E-state index contributed by atoms with van der Waals surface area (Å²) < 4.78 is 14.4. The van der Waals surface area contributed by atoms with Gasteiger partial charge in [-0.05, 0) is 37.0 Å². The van der Waals surface area contributed by atoms with Gasteiger partial charge in [0.2, 0.25) is 0 Å². The first-order valence-corrected chi connectivity index (χ1v) is 7.49. The van der Waals surface area contributed by atoms with Gasteiger partial charge in [0.15, 0.2) is 11.6 Å². The number of phenolic OH excluding ortho intramolecular Hbond substituents is 1. The van der Waals surface area contributed by atoms with Crippen LogP contribution in [0.2, 0.25) is 0 Å². The molecule has 0 saturated carbocycles. The van der Waals surface area contributed by atoms with Crippen LogP contribution >= 0.6 is 0 Å². The molecule has 1 saturated heterocycles. The van der Waals surface area contributed by atoms with E-state index < -0.39 is 35.5 Å². The summed E-state index contributed by atoms with van der Waals surface area (Å²) in [6, 6.07) is 1.74. The monoisotopic (exact) mass is 325 g/mol. The van der Waals surface area contributed by atoms with Gasteiger partial charge in [0.05, 0.1) is 0 Å². The lowest BCUT2D eigenvalue weighted by molar-refractivity contribution is -0.147. The second-order valence-electron chi connectivity index (χ2n) is 5.90. The molecule has 0 radical (unpaired) electrons. The molecule has 0 spiro atoms. The standard InChI is InChI=1S/C16H20FNO5/c1-9-7-11(14(17)12(19)8-9)10(3-4-13(20)21)15(16(22)23)18-5-2-6-18/h7-8,10,15,19H,2-6H2,1H3,(H,20,21)(H,22,23). The number of halogens is 1. The molecule has 1 fully saturated rings. The topological polar surface area (TPSA) is 98.1 Å². The first kappa shape index (κ1) is 17.2. The van der Waals surface area contributed by atoms with Gasteiger partial charge >= 0.3 is 11.9 Å². The molecular weight excluding hydrogens is 305 g/mol. The second-order valence-corrected chi connectivity index (χ2v) is 5.90. The molecule has 0 aromatic heterocycles. The maximum Gasteiger partial charge on any atom is 0.321 e. The maximum atomic E-state index is 14.4. The minimum atomic E-state index is -1.11. The Kier molecular flexibility index (Phi) is 5.20. The summed E-state index contributed by atoms with van der Waals surface area (Å²) in [7, 11) is 0. The lowest BCUT2D eigenvalue weighted by atomic mass is 9.84. The number of likely N-dealkylation sites (tertiary alicyclic amines) is 1. The molecule has 126 valence electrons. The molecule has 3 N–H and O–H groups in total. The number of hydrogen-bond acceptors (Lipinski definition) is 4. The van der Waals surface area contributed by atoms with E-state index in [1.807, 2.05) is 0 Å². The van der Waals surface area contributed by atoms with Crippen LogP contribution < -0.4 is 0 Å². The summed E-state index contributed by atoms with van der Waals surface area (Å²) >= 11 is 0. The van der Waals surface area contributed by atoms with Crippen molar-refractivity contribution < 1.29 is 29.3 Å². The third kappa shape index (κ3) is 3.79. The van der Waals surface area contributed by atoms with Crippen LogP contribution in [0.15, 0.2) is 12.1 Å². The van der Waals surface area contributed by atoms with E-state index in [-0.39, 0.29) is 18.4 Å². The third-order valence-electron chi connectivity index (χ3n) is 4.21. The van der Waals surface area contributed by atoms with Crippen LogP contribution in [0.4, 0.5) is 4.39 Å². The summed E-state index contributed by atoms with van der Waals surface area (Å²) in [5.41, 5.74) is 0.648. The highest BCUT2D eigenvalue weighted by Crippen LogP contribution is 2.35. The van der Waals surface area contributed by atoms with Crippen LogP contribution in [0.5, 0.6) is 5.75 Å². The number of phenols is 1. The number of nitrogens with zero attached hydrogens (tertiary/aromatic N) is 1. The average molecular weight is 325 g/mol. The van der Waals surface area contributed by atoms with E-state index >= 15 is 0 Å². The Morgan fingerprint density at radius 2 is 1.96 bits per heavy atom. The van der Waals surface area contributed by atoms with E-state index in [0.29, 0.717) is 18.7 Å². The molecule has 1 aromatic carbocycles. The zero-order chi connectivity index (χ0) is 17.1. The largest absolute Gasteiger partial charge is 0.505 e. The van der Waals surface area contributed by atoms with Crippen LogP contribution in [0.3, 0.4) is 0 Å². The molecule has 2 rings (SSSR count). The lowest BCUT2D eigenvalue weighted by Gasteiger charge is -2.40. The van der Waals surface area contributed by atoms with Gasteiger partial charge in [-0.25, -0.2) is 4.39 Å². The number of carboxylic acid groups (broad SMARTS) is 2. The van der Waals surface area contributed by atoms with Gasteiger partial charge in [-0.3, -0.25) is 14.5 Å². The van der Waals surface area contributed by atoms with E-state index in [0.717, 1.165) is 6.42 Å². The SMILES string of the molecule is Cc1cc(O)c(F)c(C(CCC(=O)O)C(C(=O)O)N2CCC2)c1. The van der Waals surface area contributed by atoms with Gasteiger partial charge in [0.1, 0.15) is 6.04 Å². The Morgan fingerprint density at radius 3 is 2.43 bits per heavy atom. The fourth-order valence-corrected chi connectivity index (χ4v) is 3.01. The summed E-state index contributed by atoms with van der Waals surface area (Å²) in [4.78, 5) is 24.3. The Balaban J connectivity index is 2.44. The Hall–Kier alpha value is -2.15. The number of carboxylic acids is 2. The predicted octanol–water partition coefficient (Wildman–Crippen LogP) is 1.95. The molecule has 1 aliphatic rings. The van der Waals surface area contributed by atoms with Crippen LogP contribution in [-0.4, -0.2) is 51.3 Å². The molecule has 0 aliphatic carbocycles. The van der Waals surface area contributed by atoms with Gasteiger partial charge < -0.3 is 15.3 Å². The number of aliphatic carboxylic acids is 2. The Morgan fingerprint density at radius 1 is 1.30 bits per heavy atom. The number of hydrogen-bond donors (Lipinski definition) is 3. The van der Waals surface area contributed by atoms with Crippen molar-refractivity contribution in [2.24, 2.45) is 0 Å². The number of carbonyl (C=O) groups is 2. The highest BCUT2D eigenvalue weighted by Gasteiger charge is 2.39. The highest BCUT2D eigenvalue weighted by atomic mass is 19.1. The van der Waals surface area contributed by atoms with Gasteiger partial charge in [0, 0.05) is 25.4 Å². The average Bonchev–Trinajstić information content (AvgIpc) is 2.39. The second kappa shape index (κ2) is 6.95. The summed E-state index contributed by atoms with van der Waals surface area (Å²) in [5.74, 6) is -4.44. The predicted molar refractivity (Wildman–Crippen MR) is 80.0 cm³/mol. The number of aromatic hydroxyl groups is 1. The highest BCUT2D eigenvalue weighted by molar-refractivity contribution is 5.75. The Labute approximate surface area is 133 Å². The van der Waals surface area contributed by atoms with Crippen molar-refractivity contribution in [3.8, 4) is 5.75 Å². The zero-order valence-corrected chi connectivity index (χ0v) is 12.8. The summed E-state index contributed by atoms with van der Waals surface area (Å²) in [6.07, 6.45) is 0.579. The molecule has 0 bridgehead atoms. The molecule has 6 nitrogen and oxygen atoms in total. The number of rotatable bonds is 7. The molecule has 7 heteroatoms. The number of benzene rings is 1. The first-order chi connectivity index (χ1) is 10.8. The maximum absolute atomic E-state index is 14.4. The van der Waals surface area contributed by atoms with Gasteiger partial charge in [0.25, 0.3) is 0 Å². The quantitative estimate of drug-likeness (QED) is 0.709. The van der Waals surface area contributed by atoms with Crippen molar-refractivity contribution in [1.29, 1.82) is 0 Å². The number of aryl methyl sites for hydroxylation is 1. The van der Waals surface area contributed by atoms with Crippen LogP contribution in [-0.2, 0) is 9.59 Å².